The van der Waals surface area contributed by atoms with Gasteiger partial charge in [0.15, 0.2) is 0 Å². The minimum Gasteiger partial charge on any atom is -0.497 e. The van der Waals surface area contributed by atoms with Crippen LogP contribution in [0.25, 0.3) is 22.2 Å². The second-order valence-electron chi connectivity index (χ2n) is 5.17. The van der Waals surface area contributed by atoms with E-state index in [0.29, 0.717) is 35.3 Å². The number of methoxy groups -OCH3 is 2. The Morgan fingerprint density at radius 3 is 2.80 bits per heavy atom. The van der Waals surface area contributed by atoms with Crippen molar-refractivity contribution in [1.82, 2.24) is 15.5 Å². The van der Waals surface area contributed by atoms with Gasteiger partial charge in [-0.1, -0.05) is 5.16 Å². The van der Waals surface area contributed by atoms with Gasteiger partial charge in [-0.2, -0.15) is 4.98 Å². The van der Waals surface area contributed by atoms with Gasteiger partial charge in [-0.3, -0.25) is 4.79 Å². The van der Waals surface area contributed by atoms with Crippen molar-refractivity contribution in [2.75, 3.05) is 14.2 Å². The van der Waals surface area contributed by atoms with Gasteiger partial charge < -0.3 is 19.3 Å². The van der Waals surface area contributed by atoms with E-state index in [0.717, 1.165) is 9.75 Å². The lowest BCUT2D eigenvalue weighted by Gasteiger charge is -2.06. The molecule has 8 heteroatoms. The predicted octanol–water partition coefficient (Wildman–Crippen LogP) is 3.12. The molecule has 1 amide bonds. The molecule has 0 unspecified atom stereocenters. The number of carbonyl (C=O) groups is 1. The average Bonchev–Trinajstić information content (AvgIpc) is 3.28. The van der Waals surface area contributed by atoms with E-state index in [1.165, 1.54) is 18.3 Å². The van der Waals surface area contributed by atoms with E-state index < -0.39 is 0 Å². The van der Waals surface area contributed by atoms with Crippen LogP contribution in [0.1, 0.15) is 11.8 Å². The fraction of sp³-hybridized carbons (Fsp3) is 0.235. The van der Waals surface area contributed by atoms with Crippen molar-refractivity contribution in [1.29, 1.82) is 0 Å². The number of benzene rings is 1. The van der Waals surface area contributed by atoms with Gasteiger partial charge in [0.05, 0.1) is 31.2 Å². The van der Waals surface area contributed by atoms with Crippen molar-refractivity contribution in [2.24, 2.45) is 0 Å². The molecule has 0 bridgehead atoms. The van der Waals surface area contributed by atoms with Gasteiger partial charge in [0.1, 0.15) is 11.5 Å². The lowest BCUT2D eigenvalue weighted by molar-refractivity contribution is -0.119. The van der Waals surface area contributed by atoms with Crippen molar-refractivity contribution in [3.63, 3.8) is 0 Å². The molecule has 0 aliphatic heterocycles. The molecule has 130 valence electrons. The topological polar surface area (TPSA) is 86.5 Å². The van der Waals surface area contributed by atoms with Crippen LogP contribution in [0.2, 0.25) is 0 Å². The van der Waals surface area contributed by atoms with E-state index in [9.17, 15) is 4.79 Å². The minimum atomic E-state index is -0.0663. The number of hydrogen-bond donors (Lipinski definition) is 1. The molecule has 7 nitrogen and oxygen atoms in total. The first-order chi connectivity index (χ1) is 12.1. The number of aromatic nitrogens is 2. The summed E-state index contributed by atoms with van der Waals surface area (Å²) in [5, 5.41) is 6.80. The molecule has 3 aromatic rings. The Hall–Kier alpha value is -2.87. The summed E-state index contributed by atoms with van der Waals surface area (Å²) < 4.78 is 15.9. The van der Waals surface area contributed by atoms with Crippen LogP contribution in [-0.4, -0.2) is 30.3 Å². The molecule has 0 atom stereocenters. The van der Waals surface area contributed by atoms with E-state index in [1.54, 1.807) is 26.4 Å². The third-order valence-electron chi connectivity index (χ3n) is 3.46. The quantitative estimate of drug-likeness (QED) is 0.728. The van der Waals surface area contributed by atoms with E-state index in [-0.39, 0.29) is 5.91 Å². The molecule has 0 radical (unpaired) electrons. The van der Waals surface area contributed by atoms with Crippen molar-refractivity contribution < 1.29 is 18.8 Å². The number of ether oxygens (including phenoxy) is 2. The summed E-state index contributed by atoms with van der Waals surface area (Å²) in [4.78, 5) is 17.3. The summed E-state index contributed by atoms with van der Waals surface area (Å²) in [7, 11) is 3.16. The van der Waals surface area contributed by atoms with Gasteiger partial charge in [0.25, 0.3) is 5.89 Å². The smallest absolute Gasteiger partial charge is 0.262 e. The fourth-order valence-corrected chi connectivity index (χ4v) is 3.09. The Morgan fingerprint density at radius 2 is 2.08 bits per heavy atom. The SMILES string of the molecule is COc1ccc(-c2nc(-c3ccc(CNC(C)=O)s3)no2)c(OC)c1. The first-order valence-corrected chi connectivity index (χ1v) is 8.32. The molecule has 1 N–H and O–H groups in total. The van der Waals surface area contributed by atoms with E-state index >= 15 is 0 Å². The van der Waals surface area contributed by atoms with Crippen LogP contribution < -0.4 is 14.8 Å². The number of rotatable bonds is 6. The van der Waals surface area contributed by atoms with Crippen LogP contribution in [0.3, 0.4) is 0 Å². The van der Waals surface area contributed by atoms with E-state index in [4.69, 9.17) is 14.0 Å². The molecule has 25 heavy (non-hydrogen) atoms. The zero-order chi connectivity index (χ0) is 17.8. The molecule has 1 aromatic carbocycles. The molecular formula is C17H17N3O4S. The van der Waals surface area contributed by atoms with E-state index in [2.05, 4.69) is 15.5 Å². The normalized spacial score (nSPS) is 10.5. The van der Waals surface area contributed by atoms with Gasteiger partial charge in [0, 0.05) is 17.9 Å². The van der Waals surface area contributed by atoms with Gasteiger partial charge in [-0.25, -0.2) is 0 Å². The van der Waals surface area contributed by atoms with Crippen molar-refractivity contribution in [3.05, 3.63) is 35.2 Å². The Bertz CT molecular complexity index is 888. The number of thiophene rings is 1. The summed E-state index contributed by atoms with van der Waals surface area (Å²) in [6.45, 7) is 1.97. The third kappa shape index (κ3) is 3.80. The van der Waals surface area contributed by atoms with Crippen LogP contribution in [0.5, 0.6) is 11.5 Å². The third-order valence-corrected chi connectivity index (χ3v) is 4.54. The molecule has 2 heterocycles. The highest BCUT2D eigenvalue weighted by molar-refractivity contribution is 7.15. The zero-order valence-electron chi connectivity index (χ0n) is 14.0. The molecule has 0 saturated heterocycles. The van der Waals surface area contributed by atoms with Gasteiger partial charge in [-0.15, -0.1) is 11.3 Å². The Labute approximate surface area is 148 Å². The first-order valence-electron chi connectivity index (χ1n) is 7.50. The largest absolute Gasteiger partial charge is 0.497 e. The Balaban J connectivity index is 1.84. The molecule has 0 fully saturated rings. The average molecular weight is 359 g/mol. The maximum atomic E-state index is 11.0. The van der Waals surface area contributed by atoms with Crippen LogP contribution >= 0.6 is 11.3 Å². The summed E-state index contributed by atoms with van der Waals surface area (Å²) in [5.41, 5.74) is 0.692. The minimum absolute atomic E-state index is 0.0663. The van der Waals surface area contributed by atoms with Crippen LogP contribution in [0, 0.1) is 0 Å². The number of nitrogens with zero attached hydrogens (tertiary/aromatic N) is 2. The highest BCUT2D eigenvalue weighted by atomic mass is 32.1. The molecule has 0 saturated carbocycles. The van der Waals surface area contributed by atoms with Crippen LogP contribution in [-0.2, 0) is 11.3 Å². The summed E-state index contributed by atoms with van der Waals surface area (Å²) in [5.74, 6) is 2.06. The first kappa shape index (κ1) is 17.0. The zero-order valence-corrected chi connectivity index (χ0v) is 14.8. The molecular weight excluding hydrogens is 342 g/mol. The van der Waals surface area contributed by atoms with Gasteiger partial charge >= 0.3 is 0 Å². The number of carbonyl (C=O) groups excluding carboxylic acids is 1. The molecule has 0 aliphatic rings. The lowest BCUT2D eigenvalue weighted by atomic mass is 10.2. The highest BCUT2D eigenvalue weighted by Gasteiger charge is 2.16. The number of amides is 1. The summed E-state index contributed by atoms with van der Waals surface area (Å²) >= 11 is 1.50. The van der Waals surface area contributed by atoms with Crippen LogP contribution in [0.15, 0.2) is 34.9 Å². The second kappa shape index (κ2) is 7.35. The molecule has 2 aromatic heterocycles. The Morgan fingerprint density at radius 1 is 1.24 bits per heavy atom. The predicted molar refractivity (Wildman–Crippen MR) is 93.7 cm³/mol. The second-order valence-corrected chi connectivity index (χ2v) is 6.33. The molecule has 3 rings (SSSR count). The van der Waals surface area contributed by atoms with Crippen LogP contribution in [0.4, 0.5) is 0 Å². The highest BCUT2D eigenvalue weighted by Crippen LogP contribution is 2.34. The van der Waals surface area contributed by atoms with Crippen molar-refractivity contribution in [2.45, 2.75) is 13.5 Å². The van der Waals surface area contributed by atoms with E-state index in [1.807, 2.05) is 18.2 Å². The summed E-state index contributed by atoms with van der Waals surface area (Å²) in [6, 6.07) is 9.21. The molecule has 0 aliphatic carbocycles. The number of nitrogens with one attached hydrogen (secondary N) is 1. The summed E-state index contributed by atoms with van der Waals surface area (Å²) in [6.07, 6.45) is 0. The standard InChI is InChI=1S/C17H17N3O4S/c1-10(21)18-9-12-5-7-15(25-12)16-19-17(24-20-16)13-6-4-11(22-2)8-14(13)23-3/h4-8H,9H2,1-3H3,(H,18,21). The maximum Gasteiger partial charge on any atom is 0.262 e. The molecule has 0 spiro atoms. The fourth-order valence-electron chi connectivity index (χ4n) is 2.21. The number of hydrogen-bond acceptors (Lipinski definition) is 7. The Kier molecular flexibility index (Phi) is 4.99. The lowest BCUT2D eigenvalue weighted by Crippen LogP contribution is -2.17. The monoisotopic (exact) mass is 359 g/mol. The van der Waals surface area contributed by atoms with Crippen molar-refractivity contribution in [3.8, 4) is 33.7 Å². The van der Waals surface area contributed by atoms with Gasteiger partial charge in [-0.05, 0) is 24.3 Å². The van der Waals surface area contributed by atoms with Crippen molar-refractivity contribution >= 4 is 17.2 Å². The maximum absolute atomic E-state index is 11.0. The van der Waals surface area contributed by atoms with Gasteiger partial charge in [0.2, 0.25) is 11.7 Å².